The Morgan fingerprint density at radius 1 is 1.00 bits per heavy atom. The minimum absolute atomic E-state index is 0.245. The first-order valence-electron chi connectivity index (χ1n) is 12.3. The summed E-state index contributed by atoms with van der Waals surface area (Å²) in [6, 6.07) is 19.3. The highest BCUT2D eigenvalue weighted by Gasteiger charge is 2.38. The van der Waals surface area contributed by atoms with E-state index in [1.807, 2.05) is 11.9 Å². The molecule has 34 heavy (non-hydrogen) atoms. The molecular weight excluding hydrogens is 436 g/mol. The second kappa shape index (κ2) is 12.1. The molecule has 2 aliphatic rings. The fourth-order valence-corrected chi connectivity index (χ4v) is 5.49. The van der Waals surface area contributed by atoms with Crippen molar-refractivity contribution >= 4 is 17.5 Å². The maximum absolute atomic E-state index is 6.66. The van der Waals surface area contributed by atoms with Gasteiger partial charge in [-0.3, -0.25) is 0 Å². The van der Waals surface area contributed by atoms with Crippen LogP contribution in [0.5, 0.6) is 5.75 Å². The number of nitrogens with zero attached hydrogens (tertiary/aromatic N) is 1. The van der Waals surface area contributed by atoms with Gasteiger partial charge in [-0.05, 0) is 63.0 Å². The number of ether oxygens (including phenoxy) is 1. The Balaban J connectivity index is 1.75. The monoisotopic (exact) mass is 472 g/mol. The first-order valence-corrected chi connectivity index (χ1v) is 13.3. The van der Waals surface area contributed by atoms with Crippen molar-refractivity contribution in [3.05, 3.63) is 108 Å². The van der Waals surface area contributed by atoms with E-state index in [-0.39, 0.29) is 5.60 Å². The van der Waals surface area contributed by atoms with E-state index in [2.05, 4.69) is 115 Å². The third-order valence-electron chi connectivity index (χ3n) is 6.31. The predicted molar refractivity (Wildman–Crippen MR) is 147 cm³/mol. The van der Waals surface area contributed by atoms with Gasteiger partial charge in [-0.15, -0.1) is 0 Å². The van der Waals surface area contributed by atoms with Crippen LogP contribution in [0.3, 0.4) is 0 Å². The average Bonchev–Trinajstić information content (AvgIpc) is 2.88. The summed E-state index contributed by atoms with van der Waals surface area (Å²) in [4.78, 5) is 0. The summed E-state index contributed by atoms with van der Waals surface area (Å²) >= 11 is 1.88. The number of benzene rings is 2. The van der Waals surface area contributed by atoms with Crippen LogP contribution in [0.15, 0.2) is 96.8 Å². The molecule has 1 N–H and O–H groups in total. The molecule has 3 nitrogen and oxygen atoms in total. The zero-order chi connectivity index (χ0) is 23.6. The van der Waals surface area contributed by atoms with Gasteiger partial charge in [-0.25, -0.2) is 0 Å². The van der Waals surface area contributed by atoms with E-state index < -0.39 is 0 Å². The van der Waals surface area contributed by atoms with Crippen LogP contribution < -0.4 is 10.1 Å². The number of hydrogen-bond acceptors (Lipinski definition) is 4. The molecule has 0 saturated carbocycles. The van der Waals surface area contributed by atoms with E-state index in [1.165, 1.54) is 22.4 Å². The molecule has 0 bridgehead atoms. The lowest BCUT2D eigenvalue weighted by Gasteiger charge is -2.41. The highest BCUT2D eigenvalue weighted by molar-refractivity contribution is 7.96. The molecule has 0 aliphatic carbocycles. The summed E-state index contributed by atoms with van der Waals surface area (Å²) in [7, 11) is 0. The highest BCUT2D eigenvalue weighted by Crippen LogP contribution is 2.44. The predicted octanol–water partition coefficient (Wildman–Crippen LogP) is 7.16. The molecule has 1 spiro atoms. The highest BCUT2D eigenvalue weighted by atomic mass is 32.2. The lowest BCUT2D eigenvalue weighted by molar-refractivity contribution is 0.0815. The molecule has 1 fully saturated rings. The Hall–Kier alpha value is -2.69. The lowest BCUT2D eigenvalue weighted by atomic mass is 9.84. The quantitative estimate of drug-likeness (QED) is 0.309. The van der Waals surface area contributed by atoms with E-state index in [0.29, 0.717) is 0 Å². The van der Waals surface area contributed by atoms with Crippen LogP contribution in [-0.4, -0.2) is 29.5 Å². The molecule has 2 aromatic rings. The Morgan fingerprint density at radius 2 is 1.74 bits per heavy atom. The minimum Gasteiger partial charge on any atom is -0.482 e. The van der Waals surface area contributed by atoms with Crippen molar-refractivity contribution in [3.63, 3.8) is 0 Å². The number of hydrogen-bond donors (Lipinski definition) is 1. The second-order valence-corrected chi connectivity index (χ2v) is 9.74. The summed E-state index contributed by atoms with van der Waals surface area (Å²) in [6.07, 6.45) is 16.4. The SMILES string of the molecule is C/C=C\C/C=C(/C1=CC2(CCNCC2)Oc2ccccc21)N(C/C=C\C)SCc1ccccc1. The number of piperidine rings is 1. The summed E-state index contributed by atoms with van der Waals surface area (Å²) in [5.41, 5.74) is 4.83. The Morgan fingerprint density at radius 3 is 2.50 bits per heavy atom. The van der Waals surface area contributed by atoms with Crippen molar-refractivity contribution in [2.75, 3.05) is 19.6 Å². The average molecular weight is 473 g/mol. The molecule has 4 rings (SSSR count). The van der Waals surface area contributed by atoms with E-state index in [1.54, 1.807) is 0 Å². The van der Waals surface area contributed by atoms with Gasteiger partial charge in [-0.2, -0.15) is 0 Å². The molecule has 0 amide bonds. The summed E-state index contributed by atoms with van der Waals surface area (Å²) in [5.74, 6) is 1.93. The Kier molecular flexibility index (Phi) is 8.73. The standard InChI is InChI=1S/C30H36N2OS/c1-3-5-8-16-28(32(22-6-4-2)34-24-25-13-9-7-10-14-25)27-23-30(18-20-31-21-19-30)33-29-17-12-11-15-26(27)29/h3-7,9-17,23,31H,8,18-22,24H2,1-2H3/b5-3-,6-4-,28-16-. The lowest BCUT2D eigenvalue weighted by Crippen LogP contribution is -2.46. The fraction of sp³-hybridized carbons (Fsp3) is 0.333. The number of para-hydroxylation sites is 1. The second-order valence-electron chi connectivity index (χ2n) is 8.75. The van der Waals surface area contributed by atoms with Crippen molar-refractivity contribution in [1.29, 1.82) is 0 Å². The van der Waals surface area contributed by atoms with Crippen molar-refractivity contribution in [2.24, 2.45) is 0 Å². The number of rotatable bonds is 9. The van der Waals surface area contributed by atoms with E-state index in [9.17, 15) is 0 Å². The number of fused-ring (bicyclic) bond motifs is 1. The topological polar surface area (TPSA) is 24.5 Å². The van der Waals surface area contributed by atoms with Gasteiger partial charge in [0, 0.05) is 36.3 Å². The Labute approximate surface area is 209 Å². The van der Waals surface area contributed by atoms with Gasteiger partial charge in [0.15, 0.2) is 0 Å². The number of nitrogens with one attached hydrogen (secondary N) is 1. The molecule has 1 saturated heterocycles. The zero-order valence-electron chi connectivity index (χ0n) is 20.4. The molecular formula is C30H36N2OS. The summed E-state index contributed by atoms with van der Waals surface area (Å²) in [5, 5.41) is 3.50. The van der Waals surface area contributed by atoms with Gasteiger partial charge in [0.05, 0.1) is 5.70 Å². The van der Waals surface area contributed by atoms with Gasteiger partial charge in [-0.1, -0.05) is 78.9 Å². The normalized spacial score (nSPS) is 17.6. The molecule has 0 radical (unpaired) electrons. The van der Waals surface area contributed by atoms with Crippen LogP contribution in [-0.2, 0) is 5.75 Å². The van der Waals surface area contributed by atoms with Gasteiger partial charge in [0.1, 0.15) is 11.4 Å². The minimum atomic E-state index is -0.245. The van der Waals surface area contributed by atoms with Crippen LogP contribution >= 0.6 is 11.9 Å². The van der Waals surface area contributed by atoms with E-state index in [4.69, 9.17) is 4.74 Å². The molecule has 2 aromatic carbocycles. The van der Waals surface area contributed by atoms with Gasteiger partial charge in [0.2, 0.25) is 0 Å². The largest absolute Gasteiger partial charge is 0.482 e. The third kappa shape index (κ3) is 6.05. The maximum atomic E-state index is 6.66. The summed E-state index contributed by atoms with van der Waals surface area (Å²) in [6.45, 7) is 6.99. The van der Waals surface area contributed by atoms with Crippen molar-refractivity contribution in [3.8, 4) is 5.75 Å². The van der Waals surface area contributed by atoms with Gasteiger partial charge >= 0.3 is 0 Å². The molecule has 0 atom stereocenters. The van der Waals surface area contributed by atoms with Crippen molar-refractivity contribution in [1.82, 2.24) is 9.62 Å². The van der Waals surface area contributed by atoms with Crippen LogP contribution in [0.2, 0.25) is 0 Å². The first-order chi connectivity index (χ1) is 16.7. The summed E-state index contributed by atoms with van der Waals surface area (Å²) < 4.78 is 9.12. The van der Waals surface area contributed by atoms with Crippen molar-refractivity contribution in [2.45, 2.75) is 44.5 Å². The molecule has 4 heteroatoms. The number of allylic oxidation sites excluding steroid dienone is 5. The van der Waals surface area contributed by atoms with E-state index >= 15 is 0 Å². The van der Waals surface area contributed by atoms with E-state index in [0.717, 1.165) is 50.4 Å². The van der Waals surface area contributed by atoms with Crippen LogP contribution in [0.1, 0.15) is 44.2 Å². The van der Waals surface area contributed by atoms with Crippen LogP contribution in [0.25, 0.3) is 5.57 Å². The fourth-order valence-electron chi connectivity index (χ4n) is 4.49. The maximum Gasteiger partial charge on any atom is 0.131 e. The van der Waals surface area contributed by atoms with Gasteiger partial charge < -0.3 is 14.4 Å². The smallest absolute Gasteiger partial charge is 0.131 e. The van der Waals surface area contributed by atoms with Gasteiger partial charge in [0.25, 0.3) is 0 Å². The molecule has 2 heterocycles. The molecule has 178 valence electrons. The first kappa shape index (κ1) is 24.4. The van der Waals surface area contributed by atoms with Crippen LogP contribution in [0, 0.1) is 0 Å². The third-order valence-corrected chi connectivity index (χ3v) is 7.43. The molecule has 0 aromatic heterocycles. The Bertz CT molecular complexity index is 1050. The van der Waals surface area contributed by atoms with Crippen molar-refractivity contribution < 1.29 is 4.74 Å². The molecule has 2 aliphatic heterocycles. The zero-order valence-corrected chi connectivity index (χ0v) is 21.2. The molecule has 0 unspecified atom stereocenters. The van der Waals surface area contributed by atoms with Crippen LogP contribution in [0.4, 0.5) is 0 Å².